The molecule has 5 nitrogen and oxygen atoms in total. The third kappa shape index (κ3) is 3.20. The van der Waals surface area contributed by atoms with Gasteiger partial charge in [-0.05, 0) is 26.7 Å². The number of nitrogen functional groups attached to an aromatic ring is 1. The van der Waals surface area contributed by atoms with Gasteiger partial charge < -0.3 is 10.5 Å². The lowest BCUT2D eigenvalue weighted by Crippen LogP contribution is -2.25. The molecule has 0 aliphatic carbocycles. The number of aryl methyl sites for hydroxylation is 1. The summed E-state index contributed by atoms with van der Waals surface area (Å²) in [5.74, 6) is 0.553. The lowest BCUT2D eigenvalue weighted by molar-refractivity contribution is 0.0110. The predicted molar refractivity (Wildman–Crippen MR) is 64.1 cm³/mol. The van der Waals surface area contributed by atoms with Gasteiger partial charge in [0.05, 0.1) is 11.3 Å². The molecular formula is C11H22N4O. The molecule has 1 heterocycles. The molecule has 0 aliphatic heterocycles. The molecule has 0 saturated heterocycles. The van der Waals surface area contributed by atoms with E-state index in [4.69, 9.17) is 10.5 Å². The summed E-state index contributed by atoms with van der Waals surface area (Å²) in [6, 6.07) is 0. The minimum Gasteiger partial charge on any atom is -0.381 e. The highest BCUT2D eigenvalue weighted by atomic mass is 16.5. The molecule has 16 heavy (non-hydrogen) atoms. The van der Waals surface area contributed by atoms with Crippen molar-refractivity contribution in [1.82, 2.24) is 15.0 Å². The number of anilines is 1. The lowest BCUT2D eigenvalue weighted by atomic mass is 10.1. The van der Waals surface area contributed by atoms with Crippen LogP contribution in [0.5, 0.6) is 0 Å². The first kappa shape index (κ1) is 13.0. The zero-order valence-electron chi connectivity index (χ0n) is 10.7. The monoisotopic (exact) mass is 226 g/mol. The van der Waals surface area contributed by atoms with E-state index in [0.29, 0.717) is 5.82 Å². The maximum atomic E-state index is 5.77. The van der Waals surface area contributed by atoms with Gasteiger partial charge in [0.25, 0.3) is 0 Å². The Morgan fingerprint density at radius 1 is 1.44 bits per heavy atom. The number of nitrogens with two attached hydrogens (primary N) is 1. The van der Waals surface area contributed by atoms with E-state index in [-0.39, 0.29) is 5.60 Å². The Morgan fingerprint density at radius 2 is 2.12 bits per heavy atom. The van der Waals surface area contributed by atoms with E-state index in [1.165, 1.54) is 0 Å². The average molecular weight is 226 g/mol. The van der Waals surface area contributed by atoms with Crippen LogP contribution >= 0.6 is 0 Å². The van der Waals surface area contributed by atoms with Crippen molar-refractivity contribution in [2.24, 2.45) is 0 Å². The van der Waals surface area contributed by atoms with Crippen molar-refractivity contribution in [3.63, 3.8) is 0 Å². The third-order valence-corrected chi connectivity index (χ3v) is 2.83. The lowest BCUT2D eigenvalue weighted by Gasteiger charge is -2.22. The molecule has 1 aromatic heterocycles. The SMILES string of the molecule is CCCc1c(N)nnn1CCC(C)(C)OC. The largest absolute Gasteiger partial charge is 0.381 e. The van der Waals surface area contributed by atoms with Gasteiger partial charge in [-0.2, -0.15) is 0 Å². The molecule has 2 N–H and O–H groups in total. The van der Waals surface area contributed by atoms with E-state index in [1.54, 1.807) is 7.11 Å². The first-order valence-corrected chi connectivity index (χ1v) is 5.73. The topological polar surface area (TPSA) is 66.0 Å². The summed E-state index contributed by atoms with van der Waals surface area (Å²) in [6.45, 7) is 7.04. The fourth-order valence-corrected chi connectivity index (χ4v) is 1.50. The van der Waals surface area contributed by atoms with Crippen LogP contribution in [0, 0.1) is 0 Å². The van der Waals surface area contributed by atoms with Gasteiger partial charge >= 0.3 is 0 Å². The molecule has 0 atom stereocenters. The molecule has 0 bridgehead atoms. The molecular weight excluding hydrogens is 204 g/mol. The summed E-state index contributed by atoms with van der Waals surface area (Å²) >= 11 is 0. The van der Waals surface area contributed by atoms with E-state index in [2.05, 4.69) is 31.1 Å². The molecule has 5 heteroatoms. The number of methoxy groups -OCH3 is 1. The maximum absolute atomic E-state index is 5.77. The number of hydrogen-bond donors (Lipinski definition) is 1. The Hall–Kier alpha value is -1.10. The predicted octanol–water partition coefficient (Wildman–Crippen LogP) is 1.63. The van der Waals surface area contributed by atoms with E-state index in [0.717, 1.165) is 31.5 Å². The first-order chi connectivity index (χ1) is 7.50. The molecule has 0 radical (unpaired) electrons. The number of ether oxygens (including phenoxy) is 1. The minimum atomic E-state index is -0.135. The maximum Gasteiger partial charge on any atom is 0.169 e. The van der Waals surface area contributed by atoms with Crippen LogP contribution in [0.3, 0.4) is 0 Å². The Kier molecular flexibility index (Phi) is 4.29. The second-order valence-electron chi connectivity index (χ2n) is 4.61. The normalized spacial score (nSPS) is 12.0. The molecule has 1 aromatic rings. The van der Waals surface area contributed by atoms with Gasteiger partial charge in [-0.1, -0.05) is 18.6 Å². The number of rotatable bonds is 6. The zero-order valence-corrected chi connectivity index (χ0v) is 10.7. The van der Waals surface area contributed by atoms with Crippen molar-refractivity contribution in [1.29, 1.82) is 0 Å². The van der Waals surface area contributed by atoms with Crippen molar-refractivity contribution in [3.05, 3.63) is 5.69 Å². The van der Waals surface area contributed by atoms with Gasteiger partial charge in [0.1, 0.15) is 0 Å². The van der Waals surface area contributed by atoms with Crippen LogP contribution in [0.25, 0.3) is 0 Å². The van der Waals surface area contributed by atoms with Crippen LogP contribution in [0.2, 0.25) is 0 Å². The standard InChI is InChI=1S/C11H22N4O/c1-5-6-9-10(12)13-14-15(9)8-7-11(2,3)16-4/h5-8,12H2,1-4H3. The fourth-order valence-electron chi connectivity index (χ4n) is 1.50. The molecule has 0 fully saturated rings. The molecule has 0 saturated carbocycles. The number of aromatic nitrogens is 3. The third-order valence-electron chi connectivity index (χ3n) is 2.83. The molecule has 0 amide bonds. The summed E-state index contributed by atoms with van der Waals surface area (Å²) < 4.78 is 7.26. The summed E-state index contributed by atoms with van der Waals surface area (Å²) in [5, 5.41) is 7.97. The van der Waals surface area contributed by atoms with Crippen molar-refractivity contribution in [3.8, 4) is 0 Å². The Labute approximate surface area is 97.0 Å². The summed E-state index contributed by atoms with van der Waals surface area (Å²) in [4.78, 5) is 0. The van der Waals surface area contributed by atoms with Gasteiger partial charge in [-0.3, -0.25) is 0 Å². The van der Waals surface area contributed by atoms with Gasteiger partial charge in [-0.25, -0.2) is 4.68 Å². The fraction of sp³-hybridized carbons (Fsp3) is 0.818. The Bertz CT molecular complexity index is 333. The van der Waals surface area contributed by atoms with Gasteiger partial charge in [0.2, 0.25) is 0 Å². The Morgan fingerprint density at radius 3 is 2.69 bits per heavy atom. The van der Waals surface area contributed by atoms with Crippen LogP contribution in [-0.2, 0) is 17.7 Å². The van der Waals surface area contributed by atoms with Crippen LogP contribution in [0.15, 0.2) is 0 Å². The van der Waals surface area contributed by atoms with Gasteiger partial charge in [0, 0.05) is 13.7 Å². The first-order valence-electron chi connectivity index (χ1n) is 5.73. The van der Waals surface area contributed by atoms with E-state index >= 15 is 0 Å². The zero-order chi connectivity index (χ0) is 12.2. The highest BCUT2D eigenvalue weighted by Gasteiger charge is 2.18. The molecule has 92 valence electrons. The van der Waals surface area contributed by atoms with Crippen LogP contribution < -0.4 is 5.73 Å². The number of nitrogens with zero attached hydrogens (tertiary/aromatic N) is 3. The van der Waals surface area contributed by atoms with Crippen LogP contribution in [0.1, 0.15) is 39.3 Å². The van der Waals surface area contributed by atoms with Crippen molar-refractivity contribution < 1.29 is 4.74 Å². The molecule has 0 spiro atoms. The highest BCUT2D eigenvalue weighted by Crippen LogP contribution is 2.16. The van der Waals surface area contributed by atoms with Crippen LogP contribution in [0.4, 0.5) is 5.82 Å². The van der Waals surface area contributed by atoms with Crippen molar-refractivity contribution in [2.75, 3.05) is 12.8 Å². The quantitative estimate of drug-likeness (QED) is 0.800. The summed E-state index contributed by atoms with van der Waals surface area (Å²) in [7, 11) is 1.72. The van der Waals surface area contributed by atoms with E-state index in [1.807, 2.05) is 4.68 Å². The average Bonchev–Trinajstić information content (AvgIpc) is 2.59. The number of hydrogen-bond acceptors (Lipinski definition) is 4. The van der Waals surface area contributed by atoms with Crippen molar-refractivity contribution >= 4 is 5.82 Å². The summed E-state index contributed by atoms with van der Waals surface area (Å²) in [6.07, 6.45) is 2.86. The molecule has 0 aromatic carbocycles. The van der Waals surface area contributed by atoms with E-state index < -0.39 is 0 Å². The second kappa shape index (κ2) is 5.30. The van der Waals surface area contributed by atoms with Crippen LogP contribution in [-0.4, -0.2) is 27.7 Å². The van der Waals surface area contributed by atoms with Crippen molar-refractivity contribution in [2.45, 2.75) is 52.2 Å². The summed E-state index contributed by atoms with van der Waals surface area (Å²) in [5.41, 5.74) is 6.68. The minimum absolute atomic E-state index is 0.135. The smallest absolute Gasteiger partial charge is 0.169 e. The van der Waals surface area contributed by atoms with E-state index in [9.17, 15) is 0 Å². The second-order valence-corrected chi connectivity index (χ2v) is 4.61. The highest BCUT2D eigenvalue weighted by molar-refractivity contribution is 5.32. The Balaban J connectivity index is 2.67. The molecule has 0 aliphatic rings. The van der Waals surface area contributed by atoms with Gasteiger partial charge in [0.15, 0.2) is 5.82 Å². The molecule has 1 rings (SSSR count). The van der Waals surface area contributed by atoms with Gasteiger partial charge in [-0.15, -0.1) is 5.10 Å². The molecule has 0 unspecified atom stereocenters.